The SMILES string of the molecule is Cc1ccc(C2=NOC(C)(C=O)C2C)cc1OC1CCCC1. The van der Waals surface area contributed by atoms with E-state index < -0.39 is 5.60 Å². The molecule has 0 radical (unpaired) electrons. The average Bonchev–Trinajstić information content (AvgIpc) is 3.12. The first-order chi connectivity index (χ1) is 10.5. The molecule has 22 heavy (non-hydrogen) atoms. The molecule has 1 aliphatic carbocycles. The number of hydrogen-bond acceptors (Lipinski definition) is 4. The highest BCUT2D eigenvalue weighted by Crippen LogP contribution is 2.33. The summed E-state index contributed by atoms with van der Waals surface area (Å²) >= 11 is 0. The third kappa shape index (κ3) is 2.62. The number of aryl methyl sites for hydroxylation is 1. The summed E-state index contributed by atoms with van der Waals surface area (Å²) in [5.74, 6) is 0.839. The molecule has 1 saturated carbocycles. The average molecular weight is 301 g/mol. The summed E-state index contributed by atoms with van der Waals surface area (Å²) < 4.78 is 6.15. The van der Waals surface area contributed by atoms with Crippen molar-refractivity contribution in [3.05, 3.63) is 29.3 Å². The largest absolute Gasteiger partial charge is 0.490 e. The van der Waals surface area contributed by atoms with Gasteiger partial charge < -0.3 is 9.57 Å². The maximum absolute atomic E-state index is 11.2. The molecule has 0 bridgehead atoms. The zero-order chi connectivity index (χ0) is 15.7. The molecule has 2 aliphatic rings. The van der Waals surface area contributed by atoms with Crippen LogP contribution >= 0.6 is 0 Å². The van der Waals surface area contributed by atoms with Gasteiger partial charge in [0.2, 0.25) is 0 Å². The second-order valence-electron chi connectivity index (χ2n) is 6.60. The van der Waals surface area contributed by atoms with Gasteiger partial charge >= 0.3 is 0 Å². The van der Waals surface area contributed by atoms with Gasteiger partial charge in [-0.3, -0.25) is 4.79 Å². The fraction of sp³-hybridized carbons (Fsp3) is 0.556. The van der Waals surface area contributed by atoms with Crippen LogP contribution in [0.2, 0.25) is 0 Å². The smallest absolute Gasteiger partial charge is 0.197 e. The van der Waals surface area contributed by atoms with Crippen molar-refractivity contribution in [3.8, 4) is 5.75 Å². The van der Waals surface area contributed by atoms with Crippen molar-refractivity contribution >= 4 is 12.0 Å². The van der Waals surface area contributed by atoms with Crippen LogP contribution in [0.25, 0.3) is 0 Å². The van der Waals surface area contributed by atoms with Gasteiger partial charge in [-0.2, -0.15) is 0 Å². The third-order valence-electron chi connectivity index (χ3n) is 4.92. The van der Waals surface area contributed by atoms with Crippen molar-refractivity contribution in [2.45, 2.75) is 58.2 Å². The van der Waals surface area contributed by atoms with Crippen molar-refractivity contribution in [2.75, 3.05) is 0 Å². The molecule has 4 nitrogen and oxygen atoms in total. The topological polar surface area (TPSA) is 47.9 Å². The molecule has 2 atom stereocenters. The molecule has 0 aromatic heterocycles. The van der Waals surface area contributed by atoms with Crippen LogP contribution in [0.4, 0.5) is 0 Å². The minimum Gasteiger partial charge on any atom is -0.490 e. The van der Waals surface area contributed by atoms with Gasteiger partial charge in [0.1, 0.15) is 5.75 Å². The van der Waals surface area contributed by atoms with E-state index in [1.54, 1.807) is 6.92 Å². The van der Waals surface area contributed by atoms with Crippen molar-refractivity contribution in [1.82, 2.24) is 0 Å². The number of carbonyl (C=O) groups is 1. The molecule has 1 aromatic carbocycles. The Balaban J connectivity index is 1.84. The van der Waals surface area contributed by atoms with E-state index in [2.05, 4.69) is 12.1 Å². The Kier molecular flexibility index (Phi) is 3.94. The van der Waals surface area contributed by atoms with Gasteiger partial charge in [-0.15, -0.1) is 0 Å². The zero-order valence-electron chi connectivity index (χ0n) is 13.5. The Labute approximate surface area is 131 Å². The normalized spacial score (nSPS) is 28.3. The molecular weight excluding hydrogens is 278 g/mol. The number of oxime groups is 1. The van der Waals surface area contributed by atoms with Crippen LogP contribution in [-0.4, -0.2) is 23.7 Å². The van der Waals surface area contributed by atoms with Gasteiger partial charge in [0, 0.05) is 5.56 Å². The summed E-state index contributed by atoms with van der Waals surface area (Å²) in [6.45, 7) is 5.79. The number of benzene rings is 1. The molecule has 0 N–H and O–H groups in total. The molecule has 1 aliphatic heterocycles. The van der Waals surface area contributed by atoms with Crippen LogP contribution in [0.15, 0.2) is 23.4 Å². The maximum Gasteiger partial charge on any atom is 0.197 e. The van der Waals surface area contributed by atoms with Crippen LogP contribution in [0.1, 0.15) is 50.7 Å². The number of aldehydes is 1. The molecule has 3 rings (SSSR count). The first-order valence-corrected chi connectivity index (χ1v) is 8.03. The first-order valence-electron chi connectivity index (χ1n) is 8.03. The summed E-state index contributed by atoms with van der Waals surface area (Å²) in [5, 5.41) is 4.14. The van der Waals surface area contributed by atoms with E-state index in [-0.39, 0.29) is 5.92 Å². The standard InChI is InChI=1S/C18H23NO3/c1-12-8-9-14(10-16(12)21-15-6-4-5-7-15)17-13(2)18(3,11-20)22-19-17/h8-11,13,15H,4-7H2,1-3H3. The molecule has 1 aromatic rings. The lowest BCUT2D eigenvalue weighted by molar-refractivity contribution is -0.129. The predicted molar refractivity (Wildman–Crippen MR) is 85.3 cm³/mol. The zero-order valence-corrected chi connectivity index (χ0v) is 13.5. The van der Waals surface area contributed by atoms with Crippen LogP contribution in [0.3, 0.4) is 0 Å². The van der Waals surface area contributed by atoms with E-state index in [1.165, 1.54) is 12.8 Å². The Morgan fingerprint density at radius 2 is 2.09 bits per heavy atom. The molecule has 0 saturated heterocycles. The van der Waals surface area contributed by atoms with E-state index in [0.29, 0.717) is 6.10 Å². The van der Waals surface area contributed by atoms with Crippen molar-refractivity contribution in [1.29, 1.82) is 0 Å². The van der Waals surface area contributed by atoms with Gasteiger partial charge in [0.15, 0.2) is 11.9 Å². The van der Waals surface area contributed by atoms with Gasteiger partial charge in [-0.25, -0.2) is 0 Å². The second-order valence-corrected chi connectivity index (χ2v) is 6.60. The number of nitrogens with zero attached hydrogens (tertiary/aromatic N) is 1. The summed E-state index contributed by atoms with van der Waals surface area (Å²) in [7, 11) is 0. The third-order valence-corrected chi connectivity index (χ3v) is 4.92. The fourth-order valence-electron chi connectivity index (χ4n) is 3.08. The molecule has 2 unspecified atom stereocenters. The van der Waals surface area contributed by atoms with E-state index in [4.69, 9.17) is 9.57 Å². The molecule has 1 heterocycles. The van der Waals surface area contributed by atoms with E-state index in [9.17, 15) is 4.79 Å². The van der Waals surface area contributed by atoms with E-state index in [1.807, 2.05) is 25.1 Å². The minimum absolute atomic E-state index is 0.0768. The van der Waals surface area contributed by atoms with Crippen LogP contribution < -0.4 is 4.74 Å². The summed E-state index contributed by atoms with van der Waals surface area (Å²) in [4.78, 5) is 16.6. The minimum atomic E-state index is -0.868. The quantitative estimate of drug-likeness (QED) is 0.798. The Morgan fingerprint density at radius 1 is 1.36 bits per heavy atom. The Bertz CT molecular complexity index is 604. The lowest BCUT2D eigenvalue weighted by atomic mass is 9.85. The molecule has 4 heteroatoms. The molecule has 0 amide bonds. The fourth-order valence-corrected chi connectivity index (χ4v) is 3.08. The number of hydrogen-bond donors (Lipinski definition) is 0. The predicted octanol–water partition coefficient (Wildman–Crippen LogP) is 3.64. The van der Waals surface area contributed by atoms with E-state index >= 15 is 0 Å². The maximum atomic E-state index is 11.2. The Morgan fingerprint density at radius 3 is 2.73 bits per heavy atom. The first kappa shape index (κ1) is 15.1. The number of rotatable bonds is 4. The highest BCUT2D eigenvalue weighted by molar-refractivity contribution is 6.05. The number of ether oxygens (including phenoxy) is 1. The van der Waals surface area contributed by atoms with E-state index in [0.717, 1.165) is 41.7 Å². The summed E-state index contributed by atoms with van der Waals surface area (Å²) in [6, 6.07) is 6.10. The van der Waals surface area contributed by atoms with Crippen LogP contribution in [0.5, 0.6) is 5.75 Å². The van der Waals surface area contributed by atoms with Crippen LogP contribution in [-0.2, 0) is 9.63 Å². The van der Waals surface area contributed by atoms with Gasteiger partial charge in [0.25, 0.3) is 0 Å². The monoisotopic (exact) mass is 301 g/mol. The number of carbonyl (C=O) groups excluding carboxylic acids is 1. The second kappa shape index (κ2) is 5.75. The molecule has 1 fully saturated rings. The van der Waals surface area contributed by atoms with Gasteiger partial charge in [-0.05, 0) is 51.2 Å². The summed E-state index contributed by atoms with van der Waals surface area (Å²) in [5.41, 5.74) is 2.04. The Hall–Kier alpha value is -1.84. The van der Waals surface area contributed by atoms with Crippen molar-refractivity contribution < 1.29 is 14.4 Å². The molecular formula is C18H23NO3. The van der Waals surface area contributed by atoms with Crippen molar-refractivity contribution in [3.63, 3.8) is 0 Å². The van der Waals surface area contributed by atoms with Gasteiger partial charge in [0.05, 0.1) is 17.7 Å². The lowest BCUT2D eigenvalue weighted by Crippen LogP contribution is -2.35. The van der Waals surface area contributed by atoms with Gasteiger partial charge in [-0.1, -0.05) is 24.2 Å². The molecule has 0 spiro atoms. The highest BCUT2D eigenvalue weighted by Gasteiger charge is 2.42. The van der Waals surface area contributed by atoms with Crippen LogP contribution in [0, 0.1) is 12.8 Å². The lowest BCUT2D eigenvalue weighted by Gasteiger charge is -2.20. The molecule has 118 valence electrons. The summed E-state index contributed by atoms with van der Waals surface area (Å²) in [6.07, 6.45) is 5.92. The highest BCUT2D eigenvalue weighted by atomic mass is 16.7. The van der Waals surface area contributed by atoms with Crippen molar-refractivity contribution in [2.24, 2.45) is 11.1 Å².